The summed E-state index contributed by atoms with van der Waals surface area (Å²) in [6, 6.07) is 12.7. The van der Waals surface area contributed by atoms with E-state index in [-0.39, 0.29) is 52.1 Å². The van der Waals surface area contributed by atoms with Gasteiger partial charge in [0.1, 0.15) is 34.6 Å². The number of hydrogen-bond donors (Lipinski definition) is 3. The Morgan fingerprint density at radius 3 is 1.31 bits per heavy atom. The molecule has 6 aromatic rings. The standard InChI is InChI=1S/C24H27N7O5S.C23H25N7O3.C2H6O5S2.2CH4/c1-29-16-17(14-27-29)20-13-18(5-9-25-20)36-19-3-4-21(26-15-19)28-23(33)31-12-8-24(22(31)32)6-10-30(11-7-24)37(2,34)35;1-29-15-16(13-27-29)19-12-17(4-8-25-19)33-18-2-3-20(26-14-18)28-22(32)30-11-7-23(21(30)31)5-9-24-10-6-23;1-8(3,4)7-9(2,5)6;;/h3-5,9,13-16H,6-8,10-12H2,1-2H3,(H,26,28,33);2-4,8,12-15,24H,5-7,9-11H2,1H3,(H,26,28,32);1-2H3;2*1H4. The Bertz CT molecular complexity index is 3520. The molecule has 2 spiro atoms. The summed E-state index contributed by atoms with van der Waals surface area (Å²) in [4.78, 5) is 71.2. The van der Waals surface area contributed by atoms with Crippen molar-refractivity contribution in [2.24, 2.45) is 24.9 Å². The van der Waals surface area contributed by atoms with E-state index in [1.165, 1.54) is 32.8 Å². The SMILES string of the molecule is C.C.CS(=O)(=O)OS(C)(=O)=O.Cn1cc(-c2cc(Oc3ccc(NC(=O)N4CCC5(CCN(S(C)(=O)=O)CC5)C4=O)nc3)ccn2)cn1.Cn1cc(-c2cc(Oc3ccc(NC(=O)N4CCC5(CCNCC5)C4=O)nc3)ccn2)cn1. The maximum Gasteiger partial charge on any atom is 0.329 e. The van der Waals surface area contributed by atoms with Gasteiger partial charge < -0.3 is 14.8 Å². The summed E-state index contributed by atoms with van der Waals surface area (Å²) < 4.78 is 83.9. The highest BCUT2D eigenvalue weighted by Crippen LogP contribution is 2.43. The van der Waals surface area contributed by atoms with Crippen molar-refractivity contribution >= 4 is 65.8 Å². The highest BCUT2D eigenvalue weighted by atomic mass is 32.3. The van der Waals surface area contributed by atoms with Crippen molar-refractivity contribution < 1.29 is 57.5 Å². The van der Waals surface area contributed by atoms with Gasteiger partial charge in [-0.15, -0.1) is 3.63 Å². The van der Waals surface area contributed by atoms with Gasteiger partial charge in [0.15, 0.2) is 0 Å². The summed E-state index contributed by atoms with van der Waals surface area (Å²) >= 11 is 0. The lowest BCUT2D eigenvalue weighted by Gasteiger charge is -2.36. The lowest BCUT2D eigenvalue weighted by Crippen LogP contribution is -2.47. The van der Waals surface area contributed by atoms with E-state index in [1.54, 1.807) is 76.6 Å². The lowest BCUT2D eigenvalue weighted by molar-refractivity contribution is -0.135. The minimum atomic E-state index is -3.87. The van der Waals surface area contributed by atoms with E-state index >= 15 is 0 Å². The molecule has 0 atom stereocenters. The van der Waals surface area contributed by atoms with E-state index in [0.717, 1.165) is 48.4 Å². The lowest BCUT2D eigenvalue weighted by atomic mass is 9.77. The van der Waals surface area contributed by atoms with Crippen LogP contribution in [0.4, 0.5) is 21.2 Å². The van der Waals surface area contributed by atoms with E-state index < -0.39 is 53.2 Å². The van der Waals surface area contributed by atoms with Crippen LogP contribution in [-0.4, -0.2) is 161 Å². The second-order valence-electron chi connectivity index (χ2n) is 19.2. The maximum atomic E-state index is 13.1. The smallest absolute Gasteiger partial charge is 0.329 e. The van der Waals surface area contributed by atoms with Crippen LogP contribution in [0.3, 0.4) is 0 Å². The van der Waals surface area contributed by atoms with Gasteiger partial charge in [-0.25, -0.2) is 32.3 Å². The average molecular weight is 1180 g/mol. The summed E-state index contributed by atoms with van der Waals surface area (Å²) in [5.41, 5.74) is 2.14. The molecule has 0 aromatic carbocycles. The third-order valence-corrected chi connectivity index (χ3v) is 16.6. The number of imide groups is 2. The van der Waals surface area contributed by atoms with E-state index in [9.17, 15) is 44.4 Å². The zero-order valence-electron chi connectivity index (χ0n) is 43.7. The van der Waals surface area contributed by atoms with Gasteiger partial charge in [-0.2, -0.15) is 27.0 Å². The van der Waals surface area contributed by atoms with Gasteiger partial charge in [-0.1, -0.05) is 14.9 Å². The number of pyridine rings is 4. The van der Waals surface area contributed by atoms with Crippen LogP contribution in [0.25, 0.3) is 22.5 Å². The van der Waals surface area contributed by atoms with Gasteiger partial charge in [0.05, 0.1) is 65.8 Å². The van der Waals surface area contributed by atoms with Crippen molar-refractivity contribution in [3.05, 3.63) is 98.1 Å². The van der Waals surface area contributed by atoms with Gasteiger partial charge in [-0.3, -0.25) is 49.4 Å². The Balaban J connectivity index is 0.000000223. The molecule has 0 radical (unpaired) electrons. The summed E-state index contributed by atoms with van der Waals surface area (Å²) in [7, 11) is -7.35. The molecule has 30 heteroatoms. The molecule has 81 heavy (non-hydrogen) atoms. The predicted octanol–water partition coefficient (Wildman–Crippen LogP) is 5.47. The Morgan fingerprint density at radius 1 is 0.556 bits per heavy atom. The third kappa shape index (κ3) is 16.2. The Morgan fingerprint density at radius 2 is 0.963 bits per heavy atom. The van der Waals surface area contributed by atoms with Gasteiger partial charge in [0.2, 0.25) is 21.8 Å². The number of carbonyl (C=O) groups excluding carboxylic acids is 4. The molecule has 6 amide bonds. The number of amides is 6. The summed E-state index contributed by atoms with van der Waals surface area (Å²) in [5.74, 6) is 2.46. The van der Waals surface area contributed by atoms with Gasteiger partial charge in [0.25, 0.3) is 20.2 Å². The van der Waals surface area contributed by atoms with Gasteiger partial charge in [0, 0.05) is 88.3 Å². The Kier molecular flexibility index (Phi) is 19.9. The fourth-order valence-corrected chi connectivity index (χ4v) is 12.0. The van der Waals surface area contributed by atoms with Crippen molar-refractivity contribution in [3.8, 4) is 45.5 Å². The first-order valence-electron chi connectivity index (χ1n) is 24.6. The van der Waals surface area contributed by atoms with E-state index in [4.69, 9.17) is 9.47 Å². The molecule has 0 aliphatic carbocycles. The number of hydrogen-bond acceptors (Lipinski definition) is 20. The molecule has 0 unspecified atom stereocenters. The summed E-state index contributed by atoms with van der Waals surface area (Å²) in [6.07, 6.45) is 19.6. The first-order valence-corrected chi connectivity index (χ1v) is 30.0. The molecule has 0 saturated carbocycles. The van der Waals surface area contributed by atoms with Gasteiger partial charge >= 0.3 is 12.1 Å². The minimum absolute atomic E-state index is 0. The first-order chi connectivity index (χ1) is 37.4. The second kappa shape index (κ2) is 25.8. The maximum absolute atomic E-state index is 13.1. The summed E-state index contributed by atoms with van der Waals surface area (Å²) in [6.45, 7) is 2.91. The number of sulfonamides is 1. The molecule has 4 fully saturated rings. The zero-order valence-corrected chi connectivity index (χ0v) is 46.1. The minimum Gasteiger partial charge on any atom is -0.456 e. The number of ether oxygens (including phenoxy) is 2. The number of piperidine rings is 2. The Hall–Kier alpha value is -7.77. The van der Waals surface area contributed by atoms with Crippen LogP contribution in [0.15, 0.2) is 98.1 Å². The van der Waals surface area contributed by atoms with E-state index in [1.807, 2.05) is 32.6 Å². The molecule has 4 aliphatic heterocycles. The molecular weight excluding hydrogens is 1110 g/mol. The molecule has 4 aliphatic rings. The molecule has 10 rings (SSSR count). The van der Waals surface area contributed by atoms with Crippen LogP contribution in [0.1, 0.15) is 53.4 Å². The second-order valence-corrected chi connectivity index (χ2v) is 24.6. The van der Waals surface area contributed by atoms with Crippen molar-refractivity contribution in [1.29, 1.82) is 0 Å². The van der Waals surface area contributed by atoms with Crippen molar-refractivity contribution in [1.82, 2.24) is 58.9 Å². The van der Waals surface area contributed by atoms with Crippen LogP contribution >= 0.6 is 0 Å². The average Bonchev–Trinajstić information content (AvgIpc) is 4.24. The quantitative estimate of drug-likeness (QED) is 0.145. The highest BCUT2D eigenvalue weighted by Gasteiger charge is 2.51. The zero-order chi connectivity index (χ0) is 56.8. The van der Waals surface area contributed by atoms with Crippen LogP contribution in [0.5, 0.6) is 23.0 Å². The number of nitrogens with one attached hydrogen (secondary N) is 3. The van der Waals surface area contributed by atoms with Crippen LogP contribution < -0.4 is 25.4 Å². The molecule has 3 N–H and O–H groups in total. The number of anilines is 2. The Labute approximate surface area is 470 Å². The molecule has 27 nitrogen and oxygen atoms in total. The van der Waals surface area contributed by atoms with Crippen LogP contribution in [-0.2, 0) is 57.6 Å². The number of urea groups is 2. The number of likely N-dealkylation sites (tertiary alicyclic amines) is 2. The predicted molar refractivity (Wildman–Crippen MR) is 299 cm³/mol. The molecule has 436 valence electrons. The molecular formula is C51H66N14O13S3. The molecule has 6 aromatic heterocycles. The van der Waals surface area contributed by atoms with Crippen molar-refractivity contribution in [2.75, 3.05) is 68.7 Å². The highest BCUT2D eigenvalue weighted by molar-refractivity contribution is 7.99. The van der Waals surface area contributed by atoms with E-state index in [2.05, 4.69) is 49.7 Å². The molecule has 4 saturated heterocycles. The fourth-order valence-electron chi connectivity index (χ4n) is 9.36. The number of aryl methyl sites for hydroxylation is 2. The van der Waals surface area contributed by atoms with Crippen molar-refractivity contribution in [3.63, 3.8) is 0 Å². The fraction of sp³-hybridized carbons (Fsp3) is 0.412. The normalized spacial score (nSPS) is 16.7. The largest absolute Gasteiger partial charge is 0.456 e. The number of nitrogens with zero attached hydrogens (tertiary/aromatic N) is 11. The number of aromatic nitrogens is 8. The van der Waals surface area contributed by atoms with Crippen LogP contribution in [0.2, 0.25) is 0 Å². The third-order valence-electron chi connectivity index (χ3n) is 13.4. The number of carbonyl (C=O) groups is 4. The van der Waals surface area contributed by atoms with Gasteiger partial charge in [-0.05, 0) is 88.0 Å². The monoisotopic (exact) mass is 1180 g/mol. The first kappa shape index (κ1) is 62.4. The number of rotatable bonds is 11. The topological polar surface area (TPSA) is 331 Å². The van der Waals surface area contributed by atoms with Crippen molar-refractivity contribution in [2.45, 2.75) is 53.4 Å². The molecule has 10 heterocycles. The molecule has 0 bridgehead atoms. The summed E-state index contributed by atoms with van der Waals surface area (Å²) in [5, 5.41) is 17.0. The van der Waals surface area contributed by atoms with Crippen LogP contribution in [0, 0.1) is 10.8 Å². The van der Waals surface area contributed by atoms with E-state index in [0.29, 0.717) is 73.6 Å².